The second-order valence-electron chi connectivity index (χ2n) is 4.07. The number of carbonyl (C=O) groups is 1. The first kappa shape index (κ1) is 20.3. The van der Waals surface area contributed by atoms with E-state index in [-0.39, 0.29) is 23.2 Å². The number of carbonyl (C=O) groups excluding carboxylic acids is 1. The Morgan fingerprint density at radius 2 is 1.95 bits per heavy atom. The zero-order valence-electron chi connectivity index (χ0n) is 11.8. The summed E-state index contributed by atoms with van der Waals surface area (Å²) in [6.07, 6.45) is 0. The van der Waals surface area contributed by atoms with Gasteiger partial charge >= 0.3 is 0 Å². The highest BCUT2D eigenvalue weighted by Crippen LogP contribution is 2.25. The van der Waals surface area contributed by atoms with Crippen molar-refractivity contribution in [1.82, 2.24) is 10.0 Å². The van der Waals surface area contributed by atoms with Crippen LogP contribution in [-0.4, -0.2) is 34.0 Å². The lowest BCUT2D eigenvalue weighted by Crippen LogP contribution is -2.31. The number of amides is 1. The van der Waals surface area contributed by atoms with Gasteiger partial charge in [-0.25, -0.2) is 13.1 Å². The largest absolute Gasteiger partial charge is 0.325 e. The fourth-order valence-corrected chi connectivity index (χ4v) is 3.18. The third kappa shape index (κ3) is 6.75. The third-order valence-electron chi connectivity index (χ3n) is 2.41. The van der Waals surface area contributed by atoms with E-state index in [1.807, 2.05) is 6.92 Å². The van der Waals surface area contributed by atoms with Crippen molar-refractivity contribution in [3.05, 3.63) is 22.7 Å². The maximum Gasteiger partial charge on any atom is 0.240 e. The average Bonchev–Trinajstić information content (AvgIpc) is 2.36. The Morgan fingerprint density at radius 3 is 2.48 bits per heavy atom. The molecule has 0 aliphatic carbocycles. The predicted octanol–water partition coefficient (Wildman–Crippen LogP) is 1.72. The molecular formula is C12H19BrClN3O3S. The first-order valence-corrected chi connectivity index (χ1v) is 8.42. The van der Waals surface area contributed by atoms with Crippen LogP contribution in [0.15, 0.2) is 27.6 Å². The van der Waals surface area contributed by atoms with Crippen molar-refractivity contribution in [2.75, 3.05) is 25.0 Å². The number of likely N-dealkylation sites (N-methyl/N-ethyl adjacent to an activating group) is 1. The summed E-state index contributed by atoms with van der Waals surface area (Å²) < 4.78 is 27.1. The molecule has 1 amide bonds. The predicted molar refractivity (Wildman–Crippen MR) is 89.4 cm³/mol. The third-order valence-corrected chi connectivity index (χ3v) is 4.52. The van der Waals surface area contributed by atoms with Crippen LogP contribution in [0.2, 0.25) is 0 Å². The van der Waals surface area contributed by atoms with Crippen LogP contribution >= 0.6 is 28.3 Å². The van der Waals surface area contributed by atoms with Gasteiger partial charge in [0.2, 0.25) is 15.9 Å². The highest BCUT2D eigenvalue weighted by atomic mass is 79.9. The van der Waals surface area contributed by atoms with E-state index >= 15 is 0 Å². The van der Waals surface area contributed by atoms with Crippen molar-refractivity contribution >= 4 is 50.0 Å². The number of hydrogen-bond donors (Lipinski definition) is 3. The molecule has 0 unspecified atom stereocenters. The van der Waals surface area contributed by atoms with Crippen LogP contribution in [0, 0.1) is 0 Å². The summed E-state index contributed by atoms with van der Waals surface area (Å²) in [5, 5.41) is 5.63. The SMILES string of the molecule is CCNCCNS(=O)(=O)c1ccc(NC(C)=O)c(Br)c1.Cl. The summed E-state index contributed by atoms with van der Waals surface area (Å²) >= 11 is 3.24. The molecule has 0 aliphatic rings. The molecule has 1 aromatic rings. The van der Waals surface area contributed by atoms with Crippen molar-refractivity contribution in [3.63, 3.8) is 0 Å². The number of rotatable bonds is 7. The van der Waals surface area contributed by atoms with Crippen molar-refractivity contribution in [2.24, 2.45) is 0 Å². The quantitative estimate of drug-likeness (QED) is 0.608. The molecule has 0 saturated heterocycles. The summed E-state index contributed by atoms with van der Waals surface area (Å²) in [4.78, 5) is 11.1. The average molecular weight is 401 g/mol. The van der Waals surface area contributed by atoms with E-state index in [2.05, 4.69) is 31.3 Å². The molecule has 1 rings (SSSR count). The Bertz CT molecular complexity index is 581. The maximum atomic E-state index is 12.0. The van der Waals surface area contributed by atoms with E-state index in [4.69, 9.17) is 0 Å². The van der Waals surface area contributed by atoms with Gasteiger partial charge in [0.15, 0.2) is 0 Å². The van der Waals surface area contributed by atoms with Crippen molar-refractivity contribution in [2.45, 2.75) is 18.7 Å². The number of hydrogen-bond acceptors (Lipinski definition) is 4. The van der Waals surface area contributed by atoms with Gasteiger partial charge in [-0.1, -0.05) is 6.92 Å². The van der Waals surface area contributed by atoms with Gasteiger partial charge in [-0.15, -0.1) is 12.4 Å². The molecule has 1 aromatic carbocycles. The smallest absolute Gasteiger partial charge is 0.240 e. The summed E-state index contributed by atoms with van der Waals surface area (Å²) in [6, 6.07) is 4.46. The van der Waals surface area contributed by atoms with E-state index in [0.717, 1.165) is 6.54 Å². The van der Waals surface area contributed by atoms with Crippen molar-refractivity contribution < 1.29 is 13.2 Å². The molecule has 120 valence electrons. The summed E-state index contributed by atoms with van der Waals surface area (Å²) in [7, 11) is -3.54. The fourth-order valence-electron chi connectivity index (χ4n) is 1.49. The maximum absolute atomic E-state index is 12.0. The summed E-state index contributed by atoms with van der Waals surface area (Å²) in [5.74, 6) is -0.218. The molecule has 0 heterocycles. The molecule has 0 atom stereocenters. The minimum absolute atomic E-state index is 0. The van der Waals surface area contributed by atoms with Gasteiger partial charge < -0.3 is 10.6 Å². The Kier molecular flexibility index (Phi) is 9.07. The lowest BCUT2D eigenvalue weighted by Gasteiger charge is -2.10. The zero-order chi connectivity index (χ0) is 15.2. The molecule has 0 spiro atoms. The summed E-state index contributed by atoms with van der Waals surface area (Å²) in [6.45, 7) is 5.02. The molecule has 21 heavy (non-hydrogen) atoms. The highest BCUT2D eigenvalue weighted by Gasteiger charge is 2.15. The van der Waals surface area contributed by atoms with Crippen LogP contribution in [0.3, 0.4) is 0 Å². The van der Waals surface area contributed by atoms with Crippen LogP contribution in [0.1, 0.15) is 13.8 Å². The molecule has 0 saturated carbocycles. The normalized spacial score (nSPS) is 10.8. The molecule has 6 nitrogen and oxygen atoms in total. The molecule has 0 fully saturated rings. The van der Waals surface area contributed by atoms with Crippen molar-refractivity contribution in [1.29, 1.82) is 0 Å². The van der Waals surface area contributed by atoms with Gasteiger partial charge in [-0.2, -0.15) is 0 Å². The van der Waals surface area contributed by atoms with E-state index in [9.17, 15) is 13.2 Å². The lowest BCUT2D eigenvalue weighted by atomic mass is 10.3. The van der Waals surface area contributed by atoms with Gasteiger partial charge in [0.05, 0.1) is 10.6 Å². The number of nitrogens with one attached hydrogen (secondary N) is 3. The minimum Gasteiger partial charge on any atom is -0.325 e. The Hall–Kier alpha value is -0.670. The van der Waals surface area contributed by atoms with Crippen LogP contribution in [-0.2, 0) is 14.8 Å². The van der Waals surface area contributed by atoms with Crippen LogP contribution in [0.5, 0.6) is 0 Å². The molecule has 3 N–H and O–H groups in total. The van der Waals surface area contributed by atoms with Gasteiger partial charge in [-0.05, 0) is 40.7 Å². The summed E-state index contributed by atoms with van der Waals surface area (Å²) in [5.41, 5.74) is 0.532. The second-order valence-corrected chi connectivity index (χ2v) is 6.70. The Morgan fingerprint density at radius 1 is 1.29 bits per heavy atom. The monoisotopic (exact) mass is 399 g/mol. The minimum atomic E-state index is -3.54. The number of halogens is 2. The Balaban J connectivity index is 0.00000400. The first-order valence-electron chi connectivity index (χ1n) is 6.14. The molecular weight excluding hydrogens is 382 g/mol. The van der Waals surface area contributed by atoms with Crippen molar-refractivity contribution in [3.8, 4) is 0 Å². The lowest BCUT2D eigenvalue weighted by molar-refractivity contribution is -0.114. The van der Waals surface area contributed by atoms with E-state index in [1.165, 1.54) is 19.1 Å². The molecule has 0 bridgehead atoms. The van der Waals surface area contributed by atoms with Gasteiger partial charge in [-0.3, -0.25) is 4.79 Å². The van der Waals surface area contributed by atoms with Gasteiger partial charge in [0.25, 0.3) is 0 Å². The molecule has 0 radical (unpaired) electrons. The van der Waals surface area contributed by atoms with E-state index in [0.29, 0.717) is 23.2 Å². The van der Waals surface area contributed by atoms with E-state index in [1.54, 1.807) is 6.07 Å². The number of anilines is 1. The van der Waals surface area contributed by atoms with Gasteiger partial charge in [0, 0.05) is 24.5 Å². The van der Waals surface area contributed by atoms with Crippen LogP contribution in [0.4, 0.5) is 5.69 Å². The van der Waals surface area contributed by atoms with Gasteiger partial charge in [0.1, 0.15) is 0 Å². The van der Waals surface area contributed by atoms with Crippen LogP contribution in [0.25, 0.3) is 0 Å². The highest BCUT2D eigenvalue weighted by molar-refractivity contribution is 9.10. The Labute approximate surface area is 139 Å². The standard InChI is InChI=1S/C12H18BrN3O3S.ClH/c1-3-14-6-7-15-20(18,19)10-4-5-12(11(13)8-10)16-9(2)17;/h4-5,8,14-15H,3,6-7H2,1-2H3,(H,16,17);1H. The topological polar surface area (TPSA) is 87.3 Å². The molecule has 9 heteroatoms. The molecule has 0 aromatic heterocycles. The van der Waals surface area contributed by atoms with E-state index < -0.39 is 10.0 Å². The zero-order valence-corrected chi connectivity index (χ0v) is 15.0. The number of sulfonamides is 1. The van der Waals surface area contributed by atoms with Crippen LogP contribution < -0.4 is 15.4 Å². The number of benzene rings is 1. The first-order chi connectivity index (χ1) is 9.36. The second kappa shape index (κ2) is 9.37. The molecule has 0 aliphatic heterocycles. The fraction of sp³-hybridized carbons (Fsp3) is 0.417.